The molecular formula is C17H23N3O4. The van der Waals surface area contributed by atoms with Gasteiger partial charge in [-0.05, 0) is 38.8 Å². The maximum absolute atomic E-state index is 12.3. The molecule has 130 valence electrons. The second kappa shape index (κ2) is 7.33. The average Bonchev–Trinajstić information content (AvgIpc) is 2.55. The number of urea groups is 1. The molecule has 1 aliphatic heterocycles. The van der Waals surface area contributed by atoms with Gasteiger partial charge in [-0.15, -0.1) is 0 Å². The summed E-state index contributed by atoms with van der Waals surface area (Å²) in [6.45, 7) is 3.73. The van der Waals surface area contributed by atoms with E-state index >= 15 is 0 Å². The lowest BCUT2D eigenvalue weighted by Gasteiger charge is -2.33. The number of benzene rings is 1. The van der Waals surface area contributed by atoms with E-state index in [9.17, 15) is 14.4 Å². The molecule has 24 heavy (non-hydrogen) atoms. The third-order valence-corrected chi connectivity index (χ3v) is 4.07. The molecule has 1 aromatic rings. The van der Waals surface area contributed by atoms with Gasteiger partial charge >= 0.3 is 12.0 Å². The molecule has 7 heteroatoms. The van der Waals surface area contributed by atoms with Crippen LogP contribution >= 0.6 is 0 Å². The third-order valence-electron chi connectivity index (χ3n) is 4.07. The number of piperidine rings is 1. The highest BCUT2D eigenvalue weighted by molar-refractivity contribution is 5.91. The van der Waals surface area contributed by atoms with Crippen LogP contribution in [0.25, 0.3) is 0 Å². The van der Waals surface area contributed by atoms with Crippen LogP contribution in [-0.4, -0.2) is 46.5 Å². The fourth-order valence-corrected chi connectivity index (χ4v) is 2.56. The molecule has 7 nitrogen and oxygen atoms in total. The predicted octanol–water partition coefficient (Wildman–Crippen LogP) is 1.91. The summed E-state index contributed by atoms with van der Waals surface area (Å²) in [5.74, 6) is -1.83. The van der Waals surface area contributed by atoms with Crippen LogP contribution in [-0.2, 0) is 9.59 Å². The minimum atomic E-state index is -1.33. The molecule has 0 saturated carbocycles. The van der Waals surface area contributed by atoms with E-state index in [1.165, 1.54) is 13.8 Å². The highest BCUT2D eigenvalue weighted by Gasteiger charge is 2.34. The van der Waals surface area contributed by atoms with Gasteiger partial charge in [0.2, 0.25) is 5.91 Å². The van der Waals surface area contributed by atoms with Crippen molar-refractivity contribution in [2.24, 2.45) is 5.92 Å². The number of carboxylic acids is 1. The van der Waals surface area contributed by atoms with Gasteiger partial charge in [-0.2, -0.15) is 0 Å². The van der Waals surface area contributed by atoms with E-state index in [1.54, 1.807) is 17.0 Å². The van der Waals surface area contributed by atoms with Gasteiger partial charge in [0.1, 0.15) is 5.54 Å². The zero-order valence-electron chi connectivity index (χ0n) is 13.9. The van der Waals surface area contributed by atoms with Crippen LogP contribution in [0.2, 0.25) is 0 Å². The van der Waals surface area contributed by atoms with Crippen LogP contribution in [0.15, 0.2) is 30.3 Å². The number of carboxylic acid groups (broad SMARTS) is 1. The Bertz CT molecular complexity index is 616. The molecule has 3 N–H and O–H groups in total. The predicted molar refractivity (Wildman–Crippen MR) is 89.6 cm³/mol. The van der Waals surface area contributed by atoms with Gasteiger partial charge in [0, 0.05) is 18.8 Å². The summed E-state index contributed by atoms with van der Waals surface area (Å²) in [5, 5.41) is 14.4. The minimum absolute atomic E-state index is 0.254. The number of amides is 3. The van der Waals surface area contributed by atoms with Crippen molar-refractivity contribution in [3.63, 3.8) is 0 Å². The number of rotatable bonds is 4. The van der Waals surface area contributed by atoms with Gasteiger partial charge in [-0.3, -0.25) is 4.79 Å². The van der Waals surface area contributed by atoms with Gasteiger partial charge in [0.15, 0.2) is 0 Å². The van der Waals surface area contributed by atoms with E-state index in [4.69, 9.17) is 5.11 Å². The molecule has 0 radical (unpaired) electrons. The van der Waals surface area contributed by atoms with Crippen molar-refractivity contribution in [3.05, 3.63) is 30.3 Å². The van der Waals surface area contributed by atoms with Crippen LogP contribution in [0.3, 0.4) is 0 Å². The summed E-state index contributed by atoms with van der Waals surface area (Å²) in [5.41, 5.74) is -0.632. The molecule has 0 aliphatic carbocycles. The Balaban J connectivity index is 1.95. The van der Waals surface area contributed by atoms with E-state index in [-0.39, 0.29) is 18.5 Å². The van der Waals surface area contributed by atoms with E-state index < -0.39 is 17.4 Å². The SMILES string of the molecule is CC(C)(NC(=O)[C@H]1CCCN(C(=O)Nc2ccccc2)C1)C(=O)O. The molecule has 3 amide bonds. The normalized spacial score (nSPS) is 17.9. The lowest BCUT2D eigenvalue weighted by atomic mass is 9.95. The van der Waals surface area contributed by atoms with Crippen LogP contribution in [0.1, 0.15) is 26.7 Å². The van der Waals surface area contributed by atoms with Gasteiger partial charge < -0.3 is 20.6 Å². The molecule has 0 aromatic heterocycles. The van der Waals surface area contributed by atoms with E-state index in [0.717, 1.165) is 0 Å². The first-order valence-electron chi connectivity index (χ1n) is 7.96. The molecule has 1 aromatic carbocycles. The Hall–Kier alpha value is -2.57. The van der Waals surface area contributed by atoms with Crippen LogP contribution in [0.4, 0.5) is 10.5 Å². The molecule has 1 aliphatic rings. The second-order valence-electron chi connectivity index (χ2n) is 6.50. The van der Waals surface area contributed by atoms with Crippen molar-refractivity contribution in [1.29, 1.82) is 0 Å². The van der Waals surface area contributed by atoms with Crippen molar-refractivity contribution in [1.82, 2.24) is 10.2 Å². The zero-order valence-corrected chi connectivity index (χ0v) is 13.9. The number of aliphatic carboxylic acids is 1. The van der Waals surface area contributed by atoms with Crippen molar-refractivity contribution >= 4 is 23.6 Å². The lowest BCUT2D eigenvalue weighted by Crippen LogP contribution is -2.54. The molecule has 1 atom stereocenters. The molecule has 0 spiro atoms. The molecule has 0 unspecified atom stereocenters. The number of hydrogen-bond acceptors (Lipinski definition) is 3. The summed E-state index contributed by atoms with van der Waals surface area (Å²) in [4.78, 5) is 37.3. The average molecular weight is 333 g/mol. The number of carbonyl (C=O) groups excluding carboxylic acids is 2. The van der Waals surface area contributed by atoms with Gasteiger partial charge in [-0.1, -0.05) is 18.2 Å². The summed E-state index contributed by atoms with van der Waals surface area (Å²) in [6.07, 6.45) is 1.34. The Morgan fingerprint density at radius 1 is 1.21 bits per heavy atom. The summed E-state index contributed by atoms with van der Waals surface area (Å²) < 4.78 is 0. The fraction of sp³-hybridized carbons (Fsp3) is 0.471. The smallest absolute Gasteiger partial charge is 0.328 e. The standard InChI is InChI=1S/C17H23N3O4/c1-17(2,15(22)23)19-14(21)12-7-6-10-20(11-12)16(24)18-13-8-4-3-5-9-13/h3-5,8-9,12H,6-7,10-11H2,1-2H3,(H,18,24)(H,19,21)(H,22,23)/t12-/m0/s1. The Morgan fingerprint density at radius 2 is 1.88 bits per heavy atom. The highest BCUT2D eigenvalue weighted by Crippen LogP contribution is 2.19. The topological polar surface area (TPSA) is 98.7 Å². The molecular weight excluding hydrogens is 310 g/mol. The lowest BCUT2D eigenvalue weighted by molar-refractivity contribution is -0.147. The first kappa shape index (κ1) is 17.8. The third kappa shape index (κ3) is 4.47. The van der Waals surface area contributed by atoms with E-state index in [2.05, 4.69) is 10.6 Å². The molecule has 1 fully saturated rings. The Labute approximate surface area is 141 Å². The quantitative estimate of drug-likeness (QED) is 0.784. The number of nitrogens with one attached hydrogen (secondary N) is 2. The van der Waals surface area contributed by atoms with Crippen molar-refractivity contribution < 1.29 is 19.5 Å². The first-order valence-corrected chi connectivity index (χ1v) is 7.96. The first-order chi connectivity index (χ1) is 11.3. The number of anilines is 1. The largest absolute Gasteiger partial charge is 0.480 e. The Kier molecular flexibility index (Phi) is 5.43. The van der Waals surface area contributed by atoms with Crippen molar-refractivity contribution in [2.45, 2.75) is 32.2 Å². The van der Waals surface area contributed by atoms with Crippen LogP contribution in [0.5, 0.6) is 0 Å². The summed E-state index contributed by atoms with van der Waals surface area (Å²) >= 11 is 0. The highest BCUT2D eigenvalue weighted by atomic mass is 16.4. The molecule has 1 heterocycles. The van der Waals surface area contributed by atoms with Crippen LogP contribution < -0.4 is 10.6 Å². The molecule has 2 rings (SSSR count). The Morgan fingerprint density at radius 3 is 2.50 bits per heavy atom. The number of carbonyl (C=O) groups is 3. The zero-order chi connectivity index (χ0) is 17.7. The van der Waals surface area contributed by atoms with Gasteiger partial charge in [0.25, 0.3) is 0 Å². The number of likely N-dealkylation sites (tertiary alicyclic amines) is 1. The van der Waals surface area contributed by atoms with E-state index in [0.29, 0.717) is 25.1 Å². The van der Waals surface area contributed by atoms with E-state index in [1.807, 2.05) is 18.2 Å². The van der Waals surface area contributed by atoms with Crippen molar-refractivity contribution in [3.8, 4) is 0 Å². The number of hydrogen-bond donors (Lipinski definition) is 3. The van der Waals surface area contributed by atoms with Crippen molar-refractivity contribution in [2.75, 3.05) is 18.4 Å². The van der Waals surface area contributed by atoms with Crippen LogP contribution in [0, 0.1) is 5.92 Å². The van der Waals surface area contributed by atoms with Gasteiger partial charge in [0.05, 0.1) is 5.92 Å². The number of para-hydroxylation sites is 1. The summed E-state index contributed by atoms with van der Waals surface area (Å²) in [6, 6.07) is 8.85. The maximum atomic E-state index is 12.3. The maximum Gasteiger partial charge on any atom is 0.328 e. The number of nitrogens with zero attached hydrogens (tertiary/aromatic N) is 1. The molecule has 0 bridgehead atoms. The fourth-order valence-electron chi connectivity index (χ4n) is 2.56. The second-order valence-corrected chi connectivity index (χ2v) is 6.50. The summed E-state index contributed by atoms with van der Waals surface area (Å²) in [7, 11) is 0. The molecule has 1 saturated heterocycles. The van der Waals surface area contributed by atoms with Gasteiger partial charge in [-0.25, -0.2) is 9.59 Å². The monoisotopic (exact) mass is 333 g/mol. The minimum Gasteiger partial charge on any atom is -0.480 e.